The summed E-state index contributed by atoms with van der Waals surface area (Å²) in [5, 5.41) is 4.22. The summed E-state index contributed by atoms with van der Waals surface area (Å²) >= 11 is 6.34. The van der Waals surface area contributed by atoms with Gasteiger partial charge in [0.15, 0.2) is 0 Å². The predicted octanol–water partition coefficient (Wildman–Crippen LogP) is 4.26. The fourth-order valence-corrected chi connectivity index (χ4v) is 2.41. The highest BCUT2D eigenvalue weighted by atomic mass is 35.5. The average molecular weight is 240 g/mol. The Morgan fingerprint density at radius 3 is 2.06 bits per heavy atom. The number of hydrogen-bond acceptors (Lipinski definition) is 1. The van der Waals surface area contributed by atoms with Crippen LogP contribution in [-0.2, 0) is 0 Å². The highest BCUT2D eigenvalue weighted by Gasteiger charge is 2.26. The molecule has 1 N–H and O–H groups in total. The average Bonchev–Trinajstić information content (AvgIpc) is 2.12. The summed E-state index contributed by atoms with van der Waals surface area (Å²) in [4.78, 5) is 0. The number of rotatable bonds is 2. The molecule has 1 rings (SSSR count). The van der Waals surface area contributed by atoms with Crippen molar-refractivity contribution in [1.29, 1.82) is 0 Å². The molecule has 1 aromatic carbocycles. The third-order valence-electron chi connectivity index (χ3n) is 3.08. The van der Waals surface area contributed by atoms with E-state index in [1.54, 1.807) is 0 Å². The van der Waals surface area contributed by atoms with Crippen LogP contribution in [0.4, 0.5) is 0 Å². The lowest BCUT2D eigenvalue weighted by Gasteiger charge is -2.32. The van der Waals surface area contributed by atoms with Crippen molar-refractivity contribution >= 4 is 11.6 Å². The summed E-state index contributed by atoms with van der Waals surface area (Å²) in [6, 6.07) is 4.53. The van der Waals surface area contributed by atoms with Gasteiger partial charge in [0.1, 0.15) is 0 Å². The zero-order chi connectivity index (χ0) is 12.5. The van der Waals surface area contributed by atoms with Gasteiger partial charge in [-0.3, -0.25) is 0 Å². The molecule has 0 aliphatic rings. The maximum absolute atomic E-state index is 6.34. The van der Waals surface area contributed by atoms with Crippen LogP contribution in [0, 0.1) is 19.3 Å². The zero-order valence-corrected chi connectivity index (χ0v) is 11.9. The molecule has 16 heavy (non-hydrogen) atoms. The fraction of sp³-hybridized carbons (Fsp3) is 0.571. The molecule has 1 aromatic rings. The molecule has 0 radical (unpaired) electrons. The Morgan fingerprint density at radius 2 is 1.62 bits per heavy atom. The van der Waals surface area contributed by atoms with Gasteiger partial charge in [0.2, 0.25) is 0 Å². The van der Waals surface area contributed by atoms with Gasteiger partial charge in [-0.1, -0.05) is 38.4 Å². The van der Waals surface area contributed by atoms with Gasteiger partial charge in [-0.05, 0) is 49.1 Å². The second kappa shape index (κ2) is 4.77. The zero-order valence-electron chi connectivity index (χ0n) is 11.1. The lowest BCUT2D eigenvalue weighted by atomic mass is 9.81. The van der Waals surface area contributed by atoms with E-state index in [-0.39, 0.29) is 11.5 Å². The third-order valence-corrected chi connectivity index (χ3v) is 3.41. The van der Waals surface area contributed by atoms with E-state index in [0.717, 1.165) is 5.02 Å². The van der Waals surface area contributed by atoms with Crippen molar-refractivity contribution in [3.05, 3.63) is 33.8 Å². The molecule has 0 aliphatic heterocycles. The van der Waals surface area contributed by atoms with Crippen LogP contribution in [0.3, 0.4) is 0 Å². The Kier molecular flexibility index (Phi) is 4.03. The van der Waals surface area contributed by atoms with E-state index >= 15 is 0 Å². The lowest BCUT2D eigenvalue weighted by Crippen LogP contribution is -2.30. The minimum Gasteiger partial charge on any atom is -0.313 e. The van der Waals surface area contributed by atoms with Crippen molar-refractivity contribution < 1.29 is 0 Å². The monoisotopic (exact) mass is 239 g/mol. The van der Waals surface area contributed by atoms with E-state index in [0.29, 0.717) is 0 Å². The van der Waals surface area contributed by atoms with Crippen molar-refractivity contribution in [2.45, 2.75) is 40.7 Å². The van der Waals surface area contributed by atoms with Crippen molar-refractivity contribution in [3.8, 4) is 0 Å². The first-order chi connectivity index (χ1) is 7.27. The number of aryl methyl sites for hydroxylation is 2. The molecule has 0 amide bonds. The van der Waals surface area contributed by atoms with Crippen molar-refractivity contribution in [1.82, 2.24) is 5.32 Å². The number of hydrogen-bond donors (Lipinski definition) is 1. The Labute approximate surface area is 104 Å². The normalized spacial score (nSPS) is 13.9. The fourth-order valence-electron chi connectivity index (χ4n) is 2.08. The van der Waals surface area contributed by atoms with Gasteiger partial charge in [-0.2, -0.15) is 0 Å². The topological polar surface area (TPSA) is 12.0 Å². The first-order valence-electron chi connectivity index (χ1n) is 5.71. The summed E-state index contributed by atoms with van der Waals surface area (Å²) in [6.45, 7) is 10.9. The van der Waals surface area contributed by atoms with Crippen LogP contribution in [0.1, 0.15) is 43.5 Å². The maximum atomic E-state index is 6.34. The number of halogens is 1. The molecule has 0 saturated heterocycles. The van der Waals surface area contributed by atoms with Crippen molar-refractivity contribution in [2.24, 2.45) is 5.41 Å². The molecule has 0 heterocycles. The summed E-state index contributed by atoms with van der Waals surface area (Å²) in [6.07, 6.45) is 0. The predicted molar refractivity (Wildman–Crippen MR) is 72.2 cm³/mol. The molecule has 1 atom stereocenters. The molecule has 0 fully saturated rings. The quantitative estimate of drug-likeness (QED) is 0.813. The lowest BCUT2D eigenvalue weighted by molar-refractivity contribution is 0.287. The molecule has 0 spiro atoms. The molecule has 0 aromatic heterocycles. The number of benzene rings is 1. The van der Waals surface area contributed by atoms with Crippen LogP contribution in [0.25, 0.3) is 0 Å². The van der Waals surface area contributed by atoms with Crippen LogP contribution in [0.2, 0.25) is 5.02 Å². The molecular weight excluding hydrogens is 218 g/mol. The minimum absolute atomic E-state index is 0.153. The van der Waals surface area contributed by atoms with Gasteiger partial charge >= 0.3 is 0 Å². The van der Waals surface area contributed by atoms with E-state index in [9.17, 15) is 0 Å². The van der Waals surface area contributed by atoms with Gasteiger partial charge < -0.3 is 5.32 Å². The minimum atomic E-state index is 0.153. The highest BCUT2D eigenvalue weighted by molar-refractivity contribution is 6.31. The SMILES string of the molecule is CNC(c1cc(C)c(C)cc1Cl)C(C)(C)C. The molecule has 90 valence electrons. The van der Waals surface area contributed by atoms with Gasteiger partial charge in [-0.25, -0.2) is 0 Å². The van der Waals surface area contributed by atoms with Gasteiger partial charge in [0, 0.05) is 11.1 Å². The standard InChI is InChI=1S/C14H22ClN/c1-9-7-11(12(15)8-10(9)2)13(16-6)14(3,4)5/h7-8,13,16H,1-6H3. The maximum Gasteiger partial charge on any atom is 0.0456 e. The van der Waals surface area contributed by atoms with E-state index in [4.69, 9.17) is 11.6 Å². The second-order valence-electron chi connectivity index (χ2n) is 5.55. The summed E-state index contributed by atoms with van der Waals surface area (Å²) in [7, 11) is 1.99. The smallest absolute Gasteiger partial charge is 0.0456 e. The number of nitrogens with one attached hydrogen (secondary N) is 1. The van der Waals surface area contributed by atoms with E-state index in [1.165, 1.54) is 16.7 Å². The van der Waals surface area contributed by atoms with E-state index in [1.807, 2.05) is 7.05 Å². The van der Waals surface area contributed by atoms with E-state index in [2.05, 4.69) is 52.1 Å². The third kappa shape index (κ3) is 2.78. The summed E-state index contributed by atoms with van der Waals surface area (Å²) in [5.74, 6) is 0. The van der Waals surface area contributed by atoms with Gasteiger partial charge in [0.05, 0.1) is 0 Å². The molecule has 1 nitrogen and oxygen atoms in total. The van der Waals surface area contributed by atoms with Crippen LogP contribution in [0.15, 0.2) is 12.1 Å². The Bertz CT molecular complexity index is 377. The van der Waals surface area contributed by atoms with Gasteiger partial charge in [-0.15, -0.1) is 0 Å². The molecule has 0 bridgehead atoms. The van der Waals surface area contributed by atoms with Crippen LogP contribution >= 0.6 is 11.6 Å². The van der Waals surface area contributed by atoms with Crippen molar-refractivity contribution in [2.75, 3.05) is 7.05 Å². The van der Waals surface area contributed by atoms with Crippen LogP contribution in [-0.4, -0.2) is 7.05 Å². The Morgan fingerprint density at radius 1 is 1.12 bits per heavy atom. The first kappa shape index (κ1) is 13.5. The first-order valence-corrected chi connectivity index (χ1v) is 6.09. The van der Waals surface area contributed by atoms with Crippen LogP contribution < -0.4 is 5.32 Å². The largest absolute Gasteiger partial charge is 0.313 e. The second-order valence-corrected chi connectivity index (χ2v) is 5.95. The summed E-state index contributed by atoms with van der Waals surface area (Å²) < 4.78 is 0. The van der Waals surface area contributed by atoms with Crippen molar-refractivity contribution in [3.63, 3.8) is 0 Å². The highest BCUT2D eigenvalue weighted by Crippen LogP contribution is 2.37. The molecule has 2 heteroatoms. The van der Waals surface area contributed by atoms with E-state index < -0.39 is 0 Å². The summed E-state index contributed by atoms with van der Waals surface area (Å²) in [5.41, 5.74) is 3.89. The van der Waals surface area contributed by atoms with Gasteiger partial charge in [0.25, 0.3) is 0 Å². The molecule has 1 unspecified atom stereocenters. The Hall–Kier alpha value is -0.530. The Balaban J connectivity index is 3.26. The molecule has 0 aliphatic carbocycles. The molecule has 0 saturated carbocycles. The van der Waals surface area contributed by atoms with Crippen LogP contribution in [0.5, 0.6) is 0 Å². The molecular formula is C14H22ClN.